The molecule has 2 rings (SSSR count). The van der Waals surface area contributed by atoms with Gasteiger partial charge in [0.1, 0.15) is 5.54 Å². The van der Waals surface area contributed by atoms with Gasteiger partial charge in [0.05, 0.1) is 6.07 Å². The fourth-order valence-corrected chi connectivity index (χ4v) is 4.13. The first-order valence-electron chi connectivity index (χ1n) is 8.60. The Morgan fingerprint density at radius 2 is 1.95 bits per heavy atom. The van der Waals surface area contributed by atoms with E-state index in [1.165, 1.54) is 45.4 Å². The molecule has 0 amide bonds. The van der Waals surface area contributed by atoms with Gasteiger partial charge in [0.2, 0.25) is 0 Å². The topological polar surface area (TPSA) is 42.3 Å². The van der Waals surface area contributed by atoms with E-state index in [1.54, 1.807) is 0 Å². The third-order valence-electron chi connectivity index (χ3n) is 5.02. The lowest BCUT2D eigenvalue weighted by Crippen LogP contribution is -2.50. The molecule has 0 aromatic carbocycles. The largest absolute Gasteiger partial charge is 0.299 e. The average Bonchev–Trinajstić information content (AvgIpc) is 2.74. The second kappa shape index (κ2) is 7.09. The van der Waals surface area contributed by atoms with E-state index in [4.69, 9.17) is 0 Å². The van der Waals surface area contributed by atoms with Crippen molar-refractivity contribution >= 4 is 0 Å². The summed E-state index contributed by atoms with van der Waals surface area (Å²) in [6.45, 7) is 13.5. The molecule has 120 valence electrons. The van der Waals surface area contributed by atoms with E-state index in [2.05, 4.69) is 42.0 Å². The average molecular weight is 292 g/mol. The van der Waals surface area contributed by atoms with Gasteiger partial charge in [0, 0.05) is 24.7 Å². The van der Waals surface area contributed by atoms with Crippen molar-refractivity contribution < 1.29 is 0 Å². The van der Waals surface area contributed by atoms with Crippen LogP contribution in [0.3, 0.4) is 0 Å². The first-order valence-corrected chi connectivity index (χ1v) is 8.60. The Kier molecular flexibility index (Phi) is 5.65. The van der Waals surface area contributed by atoms with Crippen molar-refractivity contribution in [1.82, 2.24) is 15.1 Å². The summed E-state index contributed by atoms with van der Waals surface area (Å²) in [6.07, 6.45) is 4.87. The smallest absolute Gasteiger partial charge is 0.105 e. The highest BCUT2D eigenvalue weighted by Crippen LogP contribution is 2.24. The van der Waals surface area contributed by atoms with Gasteiger partial charge in [0.15, 0.2) is 0 Å². The summed E-state index contributed by atoms with van der Waals surface area (Å²) in [4.78, 5) is 5.29. The van der Waals surface area contributed by atoms with Crippen LogP contribution >= 0.6 is 0 Å². The Bertz CT molecular complexity index is 375. The molecule has 2 saturated heterocycles. The number of nitriles is 1. The minimum Gasteiger partial charge on any atom is -0.299 e. The van der Waals surface area contributed by atoms with E-state index in [-0.39, 0.29) is 0 Å². The van der Waals surface area contributed by atoms with Crippen molar-refractivity contribution in [3.05, 3.63) is 0 Å². The lowest BCUT2D eigenvalue weighted by Gasteiger charge is -2.35. The summed E-state index contributed by atoms with van der Waals surface area (Å²) in [5, 5.41) is 13.0. The Hall–Kier alpha value is -0.630. The molecule has 3 unspecified atom stereocenters. The third-order valence-corrected chi connectivity index (χ3v) is 5.02. The number of nitrogens with zero attached hydrogens (tertiary/aromatic N) is 3. The summed E-state index contributed by atoms with van der Waals surface area (Å²) in [6, 6.07) is 4.05. The molecule has 3 atom stereocenters. The van der Waals surface area contributed by atoms with Gasteiger partial charge in [-0.2, -0.15) is 5.26 Å². The van der Waals surface area contributed by atoms with E-state index in [1.807, 2.05) is 6.92 Å². The summed E-state index contributed by atoms with van der Waals surface area (Å²) < 4.78 is 0. The maximum atomic E-state index is 9.55. The molecule has 0 radical (unpaired) electrons. The Morgan fingerprint density at radius 1 is 1.24 bits per heavy atom. The second-order valence-corrected chi connectivity index (χ2v) is 7.48. The minimum absolute atomic E-state index is 0.344. The van der Waals surface area contributed by atoms with Crippen LogP contribution < -0.4 is 5.32 Å². The maximum absolute atomic E-state index is 9.55. The first-order chi connectivity index (χ1) is 9.93. The number of rotatable bonds is 5. The molecule has 2 heterocycles. The fraction of sp³-hybridized carbons (Fsp3) is 0.941. The highest BCUT2D eigenvalue weighted by Gasteiger charge is 2.33. The first kappa shape index (κ1) is 16.7. The quantitative estimate of drug-likeness (QED) is 0.843. The lowest BCUT2D eigenvalue weighted by molar-refractivity contribution is 0.156. The summed E-state index contributed by atoms with van der Waals surface area (Å²) >= 11 is 0. The molecule has 0 aliphatic carbocycles. The number of hydrogen-bond acceptors (Lipinski definition) is 4. The Balaban J connectivity index is 1.95. The van der Waals surface area contributed by atoms with Crippen LogP contribution in [0, 0.1) is 11.3 Å². The minimum atomic E-state index is -0.421. The molecule has 4 heteroatoms. The second-order valence-electron chi connectivity index (χ2n) is 7.48. The Labute approximate surface area is 130 Å². The van der Waals surface area contributed by atoms with Crippen molar-refractivity contribution in [2.24, 2.45) is 0 Å². The van der Waals surface area contributed by atoms with Gasteiger partial charge in [-0.3, -0.25) is 15.1 Å². The van der Waals surface area contributed by atoms with Crippen LogP contribution in [0.15, 0.2) is 0 Å². The molecule has 2 aliphatic heterocycles. The molecule has 2 fully saturated rings. The zero-order valence-electron chi connectivity index (χ0n) is 14.2. The molecule has 0 aromatic heterocycles. The monoisotopic (exact) mass is 292 g/mol. The molecule has 4 nitrogen and oxygen atoms in total. The van der Waals surface area contributed by atoms with Crippen LogP contribution in [-0.2, 0) is 0 Å². The number of hydrogen-bond donors (Lipinski definition) is 1. The van der Waals surface area contributed by atoms with Crippen molar-refractivity contribution in [3.63, 3.8) is 0 Å². The third kappa shape index (κ3) is 4.42. The summed E-state index contributed by atoms with van der Waals surface area (Å²) in [7, 11) is 0. The van der Waals surface area contributed by atoms with Crippen LogP contribution in [0.5, 0.6) is 0 Å². The normalized spacial score (nSPS) is 28.7. The zero-order chi connectivity index (χ0) is 15.5. The van der Waals surface area contributed by atoms with Crippen LogP contribution in [0.2, 0.25) is 0 Å². The van der Waals surface area contributed by atoms with Crippen molar-refractivity contribution in [3.8, 4) is 6.07 Å². The molecular weight excluding hydrogens is 260 g/mol. The van der Waals surface area contributed by atoms with Crippen molar-refractivity contribution in [2.45, 2.75) is 77.0 Å². The van der Waals surface area contributed by atoms with Crippen LogP contribution in [0.1, 0.15) is 53.4 Å². The predicted molar refractivity (Wildman–Crippen MR) is 87.2 cm³/mol. The van der Waals surface area contributed by atoms with Gasteiger partial charge < -0.3 is 0 Å². The Morgan fingerprint density at radius 3 is 2.62 bits per heavy atom. The summed E-state index contributed by atoms with van der Waals surface area (Å²) in [5.74, 6) is 0. The number of nitrogens with one attached hydrogen (secondary N) is 1. The van der Waals surface area contributed by atoms with Gasteiger partial charge in [0.25, 0.3) is 0 Å². The van der Waals surface area contributed by atoms with Crippen LogP contribution in [0.4, 0.5) is 0 Å². The molecule has 0 aromatic rings. The van der Waals surface area contributed by atoms with Gasteiger partial charge >= 0.3 is 0 Å². The molecule has 0 bridgehead atoms. The fourth-order valence-electron chi connectivity index (χ4n) is 4.13. The molecule has 2 aliphatic rings. The SMILES string of the molecule is CC(C)NC(C)(C#N)CC(C)N1CCCN2CCCC2C1. The molecule has 21 heavy (non-hydrogen) atoms. The van der Waals surface area contributed by atoms with Crippen molar-refractivity contribution in [1.29, 1.82) is 5.26 Å². The highest BCUT2D eigenvalue weighted by molar-refractivity contribution is 5.06. The zero-order valence-corrected chi connectivity index (χ0v) is 14.2. The van der Waals surface area contributed by atoms with E-state index >= 15 is 0 Å². The van der Waals surface area contributed by atoms with Gasteiger partial charge in [-0.15, -0.1) is 0 Å². The van der Waals surface area contributed by atoms with Gasteiger partial charge in [-0.1, -0.05) is 0 Å². The number of fused-ring (bicyclic) bond motifs is 1. The lowest BCUT2D eigenvalue weighted by atomic mass is 9.93. The van der Waals surface area contributed by atoms with E-state index in [0.29, 0.717) is 12.1 Å². The predicted octanol–water partition coefficient (Wildman–Crippen LogP) is 2.22. The molecule has 0 saturated carbocycles. The molecule has 0 spiro atoms. The van der Waals surface area contributed by atoms with E-state index in [0.717, 1.165) is 12.5 Å². The summed E-state index contributed by atoms with van der Waals surface area (Å²) in [5.41, 5.74) is -0.421. The van der Waals surface area contributed by atoms with Crippen molar-refractivity contribution in [2.75, 3.05) is 26.2 Å². The van der Waals surface area contributed by atoms with Crippen LogP contribution in [0.25, 0.3) is 0 Å². The molecule has 1 N–H and O–H groups in total. The standard InChI is InChI=1S/C17H32N4/c1-14(2)19-17(4,13-18)11-15(3)21-10-6-9-20-8-5-7-16(20)12-21/h14-16,19H,5-12H2,1-4H3. The van der Waals surface area contributed by atoms with Crippen LogP contribution in [-0.4, -0.2) is 59.6 Å². The highest BCUT2D eigenvalue weighted by atomic mass is 15.3. The van der Waals surface area contributed by atoms with E-state index in [9.17, 15) is 5.26 Å². The van der Waals surface area contributed by atoms with Gasteiger partial charge in [-0.05, 0) is 73.0 Å². The van der Waals surface area contributed by atoms with E-state index < -0.39 is 5.54 Å². The molecular formula is C17H32N4. The van der Waals surface area contributed by atoms with Gasteiger partial charge in [-0.25, -0.2) is 0 Å². The maximum Gasteiger partial charge on any atom is 0.105 e.